The zero-order valence-electron chi connectivity index (χ0n) is 13.4. The molecule has 0 atom stereocenters. The summed E-state index contributed by atoms with van der Waals surface area (Å²) in [6.07, 6.45) is 0.858. The molecule has 0 saturated carbocycles. The molecular weight excluding hydrogens is 278 g/mol. The van der Waals surface area contributed by atoms with Crippen molar-refractivity contribution in [2.75, 3.05) is 24.5 Å². The van der Waals surface area contributed by atoms with E-state index in [1.54, 1.807) is 6.07 Å². The molecule has 0 radical (unpaired) electrons. The molecule has 0 saturated heterocycles. The zero-order chi connectivity index (χ0) is 16.1. The number of nitrogens with zero attached hydrogens (tertiary/aromatic N) is 1. The number of hydrogen-bond donors (Lipinski definition) is 2. The topological polar surface area (TPSA) is 69.3 Å². The highest BCUT2D eigenvalue weighted by atomic mass is 16.3. The van der Waals surface area contributed by atoms with Crippen LogP contribution >= 0.6 is 0 Å². The minimum Gasteiger partial charge on any atom is -0.438 e. The van der Waals surface area contributed by atoms with Crippen molar-refractivity contribution >= 4 is 22.6 Å². The first-order valence-corrected chi connectivity index (χ1v) is 7.76. The number of anilines is 1. The molecule has 0 spiro atoms. The summed E-state index contributed by atoms with van der Waals surface area (Å²) < 4.78 is 5.55. The third-order valence-electron chi connectivity index (χ3n) is 3.66. The van der Waals surface area contributed by atoms with Crippen molar-refractivity contribution < 1.29 is 9.21 Å². The molecule has 0 aliphatic carbocycles. The van der Waals surface area contributed by atoms with Crippen LogP contribution in [0.3, 0.4) is 0 Å². The first kappa shape index (κ1) is 16.1. The minimum atomic E-state index is -0.259. The van der Waals surface area contributed by atoms with Gasteiger partial charge in [-0.15, -0.1) is 0 Å². The van der Waals surface area contributed by atoms with Gasteiger partial charge in [-0.2, -0.15) is 0 Å². The molecule has 0 aliphatic heterocycles. The summed E-state index contributed by atoms with van der Waals surface area (Å²) in [7, 11) is 0. The van der Waals surface area contributed by atoms with Crippen LogP contribution in [0, 0.1) is 5.41 Å². The van der Waals surface area contributed by atoms with Gasteiger partial charge in [0.15, 0.2) is 0 Å². The summed E-state index contributed by atoms with van der Waals surface area (Å²) in [6, 6.07) is 7.59. The fourth-order valence-corrected chi connectivity index (χ4v) is 2.40. The SMILES string of the molecule is CCCNC(=O)c1cc2ccc(N(CC)CC)cc2oc1=N. The molecular formula is C17H23N3O2. The first-order valence-electron chi connectivity index (χ1n) is 7.76. The Kier molecular flexibility index (Phi) is 5.20. The van der Waals surface area contributed by atoms with E-state index in [1.165, 1.54) is 0 Å². The van der Waals surface area contributed by atoms with Crippen molar-refractivity contribution in [2.45, 2.75) is 27.2 Å². The molecule has 1 aromatic carbocycles. The maximum Gasteiger partial charge on any atom is 0.256 e. The maximum atomic E-state index is 12.0. The van der Waals surface area contributed by atoms with Gasteiger partial charge in [-0.25, -0.2) is 0 Å². The summed E-state index contributed by atoms with van der Waals surface area (Å²) in [6.45, 7) is 8.60. The maximum absolute atomic E-state index is 12.0. The molecule has 1 heterocycles. The van der Waals surface area contributed by atoms with Gasteiger partial charge in [0, 0.05) is 36.8 Å². The van der Waals surface area contributed by atoms with E-state index in [1.807, 2.05) is 25.1 Å². The van der Waals surface area contributed by atoms with E-state index in [-0.39, 0.29) is 17.0 Å². The largest absolute Gasteiger partial charge is 0.438 e. The second kappa shape index (κ2) is 7.11. The van der Waals surface area contributed by atoms with Crippen LogP contribution < -0.4 is 15.8 Å². The van der Waals surface area contributed by atoms with E-state index in [2.05, 4.69) is 24.1 Å². The smallest absolute Gasteiger partial charge is 0.256 e. The molecule has 0 bridgehead atoms. The van der Waals surface area contributed by atoms with Crippen LogP contribution in [-0.2, 0) is 0 Å². The highest BCUT2D eigenvalue weighted by molar-refractivity contribution is 5.96. The monoisotopic (exact) mass is 301 g/mol. The molecule has 0 unspecified atom stereocenters. The summed E-state index contributed by atoms with van der Waals surface area (Å²) >= 11 is 0. The van der Waals surface area contributed by atoms with Gasteiger partial charge in [0.1, 0.15) is 11.1 Å². The summed E-state index contributed by atoms with van der Waals surface area (Å²) in [5, 5.41) is 11.5. The van der Waals surface area contributed by atoms with Crippen LogP contribution in [0.1, 0.15) is 37.6 Å². The Morgan fingerprint density at radius 1 is 1.23 bits per heavy atom. The van der Waals surface area contributed by atoms with E-state index in [0.717, 1.165) is 30.6 Å². The standard InChI is InChI=1S/C17H23N3O2/c1-4-9-19-17(21)14-10-12-7-8-13(20(5-2)6-3)11-15(12)22-16(14)18/h7-8,10-11,18H,4-6,9H2,1-3H3,(H,19,21). The van der Waals surface area contributed by atoms with Crippen molar-refractivity contribution in [1.82, 2.24) is 5.32 Å². The van der Waals surface area contributed by atoms with Crippen LogP contribution in [-0.4, -0.2) is 25.5 Å². The van der Waals surface area contributed by atoms with Gasteiger partial charge in [0.25, 0.3) is 5.91 Å². The van der Waals surface area contributed by atoms with Gasteiger partial charge < -0.3 is 14.6 Å². The minimum absolute atomic E-state index is 0.0993. The number of benzene rings is 1. The number of hydrogen-bond acceptors (Lipinski definition) is 4. The van der Waals surface area contributed by atoms with Gasteiger partial charge >= 0.3 is 0 Å². The van der Waals surface area contributed by atoms with Crippen molar-refractivity contribution in [2.24, 2.45) is 0 Å². The van der Waals surface area contributed by atoms with Crippen LogP contribution in [0.5, 0.6) is 0 Å². The van der Waals surface area contributed by atoms with Crippen molar-refractivity contribution in [3.8, 4) is 0 Å². The van der Waals surface area contributed by atoms with Crippen LogP contribution in [0.15, 0.2) is 28.7 Å². The zero-order valence-corrected chi connectivity index (χ0v) is 13.4. The molecule has 5 heteroatoms. The lowest BCUT2D eigenvalue weighted by Gasteiger charge is -2.21. The van der Waals surface area contributed by atoms with E-state index in [4.69, 9.17) is 9.83 Å². The molecule has 1 aromatic heterocycles. The summed E-state index contributed by atoms with van der Waals surface area (Å²) in [5.74, 6) is -0.259. The number of nitrogens with one attached hydrogen (secondary N) is 2. The second-order valence-electron chi connectivity index (χ2n) is 5.14. The highest BCUT2D eigenvalue weighted by Crippen LogP contribution is 2.21. The average molecular weight is 301 g/mol. The second-order valence-corrected chi connectivity index (χ2v) is 5.14. The van der Waals surface area contributed by atoms with Crippen molar-refractivity contribution in [3.05, 3.63) is 35.4 Å². The van der Waals surface area contributed by atoms with Gasteiger partial charge in [0.05, 0.1) is 0 Å². The van der Waals surface area contributed by atoms with Gasteiger partial charge in [-0.05, 0) is 38.5 Å². The Morgan fingerprint density at radius 2 is 1.95 bits per heavy atom. The van der Waals surface area contributed by atoms with E-state index in [0.29, 0.717) is 12.1 Å². The molecule has 22 heavy (non-hydrogen) atoms. The predicted octanol–water partition coefficient (Wildman–Crippen LogP) is 2.90. The van der Waals surface area contributed by atoms with Gasteiger partial charge in [-0.3, -0.25) is 10.2 Å². The number of carbonyl (C=O) groups is 1. The lowest BCUT2D eigenvalue weighted by Crippen LogP contribution is -2.28. The third-order valence-corrected chi connectivity index (χ3v) is 3.66. The number of amides is 1. The van der Waals surface area contributed by atoms with E-state index in [9.17, 15) is 4.79 Å². The predicted molar refractivity (Wildman–Crippen MR) is 88.3 cm³/mol. The quantitative estimate of drug-likeness (QED) is 0.862. The normalized spacial score (nSPS) is 10.7. The fourth-order valence-electron chi connectivity index (χ4n) is 2.40. The Morgan fingerprint density at radius 3 is 2.59 bits per heavy atom. The van der Waals surface area contributed by atoms with Crippen molar-refractivity contribution in [1.29, 1.82) is 5.41 Å². The van der Waals surface area contributed by atoms with Crippen LogP contribution in [0.4, 0.5) is 5.69 Å². The lowest BCUT2D eigenvalue weighted by atomic mass is 10.1. The number of fused-ring (bicyclic) bond motifs is 1. The Balaban J connectivity index is 2.42. The van der Waals surface area contributed by atoms with E-state index < -0.39 is 0 Å². The molecule has 1 amide bonds. The Hall–Kier alpha value is -2.30. The average Bonchev–Trinajstić information content (AvgIpc) is 2.53. The molecule has 2 aromatic rings. The fraction of sp³-hybridized carbons (Fsp3) is 0.412. The third kappa shape index (κ3) is 3.30. The van der Waals surface area contributed by atoms with E-state index >= 15 is 0 Å². The Bertz CT molecular complexity index is 717. The molecule has 2 rings (SSSR count). The first-order chi connectivity index (χ1) is 10.6. The highest BCUT2D eigenvalue weighted by Gasteiger charge is 2.12. The molecule has 2 N–H and O–H groups in total. The Labute approximate surface area is 130 Å². The van der Waals surface area contributed by atoms with Gasteiger partial charge in [-0.1, -0.05) is 6.92 Å². The summed E-state index contributed by atoms with van der Waals surface area (Å²) in [5.41, 5.74) is 1.86. The summed E-state index contributed by atoms with van der Waals surface area (Å²) in [4.78, 5) is 14.2. The van der Waals surface area contributed by atoms with Crippen LogP contribution in [0.25, 0.3) is 11.0 Å². The van der Waals surface area contributed by atoms with Crippen molar-refractivity contribution in [3.63, 3.8) is 0 Å². The number of carbonyl (C=O) groups excluding carboxylic acids is 1. The molecule has 0 fully saturated rings. The molecule has 5 nitrogen and oxygen atoms in total. The van der Waals surface area contributed by atoms with Gasteiger partial charge in [0.2, 0.25) is 5.55 Å². The van der Waals surface area contributed by atoms with Crippen LogP contribution in [0.2, 0.25) is 0 Å². The molecule has 0 aliphatic rings. The molecule has 118 valence electrons. The lowest BCUT2D eigenvalue weighted by molar-refractivity contribution is 0.0949. The number of rotatable bonds is 6.